The van der Waals surface area contributed by atoms with E-state index in [0.717, 1.165) is 17.2 Å². The van der Waals surface area contributed by atoms with E-state index in [9.17, 15) is 0 Å². The zero-order chi connectivity index (χ0) is 15.1. The van der Waals surface area contributed by atoms with Gasteiger partial charge in [-0.1, -0.05) is 26.0 Å². The molecule has 1 aliphatic rings. The zero-order valence-corrected chi connectivity index (χ0v) is 14.0. The fraction of sp³-hybridized carbons (Fsp3) is 0.588. The molecule has 0 bridgehead atoms. The van der Waals surface area contributed by atoms with Crippen LogP contribution in [0.4, 0.5) is 5.69 Å². The molecular weight excluding hydrogens is 278 g/mol. The van der Waals surface area contributed by atoms with Crippen molar-refractivity contribution in [2.24, 2.45) is 0 Å². The predicted octanol–water partition coefficient (Wildman–Crippen LogP) is 3.41. The zero-order valence-electron chi connectivity index (χ0n) is 13.2. The van der Waals surface area contributed by atoms with Crippen LogP contribution in [0.15, 0.2) is 24.3 Å². The molecule has 0 aromatic heterocycles. The van der Waals surface area contributed by atoms with Crippen molar-refractivity contribution in [1.29, 1.82) is 0 Å². The average Bonchev–Trinajstić information content (AvgIpc) is 2.50. The van der Waals surface area contributed by atoms with Crippen LogP contribution in [0.1, 0.15) is 38.7 Å². The third-order valence-corrected chi connectivity index (χ3v) is 4.30. The summed E-state index contributed by atoms with van der Waals surface area (Å²) in [5.74, 6) is 0. The molecule has 2 N–H and O–H groups in total. The Morgan fingerprint density at radius 2 is 1.86 bits per heavy atom. The number of nitrogens with one attached hydrogen (secondary N) is 2. The van der Waals surface area contributed by atoms with Crippen LogP contribution < -0.4 is 10.6 Å². The van der Waals surface area contributed by atoms with Gasteiger partial charge < -0.3 is 15.5 Å². The van der Waals surface area contributed by atoms with E-state index in [4.69, 9.17) is 12.2 Å². The number of rotatable bonds is 5. The van der Waals surface area contributed by atoms with Crippen LogP contribution in [0, 0.1) is 0 Å². The molecular formula is C17H27N3S. The SMILES string of the molecule is CCCN1CCC(NC(=S)Nc2ccc(CC)cc2)CC1. The highest BCUT2D eigenvalue weighted by Crippen LogP contribution is 2.12. The third kappa shape index (κ3) is 5.29. The Labute approximate surface area is 134 Å². The molecule has 0 unspecified atom stereocenters. The first-order valence-electron chi connectivity index (χ1n) is 8.10. The van der Waals surface area contributed by atoms with Gasteiger partial charge in [0.05, 0.1) is 0 Å². The molecule has 1 aliphatic heterocycles. The van der Waals surface area contributed by atoms with Crippen molar-refractivity contribution in [3.8, 4) is 0 Å². The van der Waals surface area contributed by atoms with Crippen LogP contribution >= 0.6 is 12.2 Å². The summed E-state index contributed by atoms with van der Waals surface area (Å²) >= 11 is 5.42. The summed E-state index contributed by atoms with van der Waals surface area (Å²) in [6.45, 7) is 7.99. The van der Waals surface area contributed by atoms with Gasteiger partial charge in [-0.3, -0.25) is 0 Å². The molecule has 0 radical (unpaired) electrons. The van der Waals surface area contributed by atoms with Gasteiger partial charge >= 0.3 is 0 Å². The Morgan fingerprint density at radius 1 is 1.19 bits per heavy atom. The third-order valence-electron chi connectivity index (χ3n) is 4.08. The standard InChI is InChI=1S/C17H27N3S/c1-3-11-20-12-9-16(10-13-20)19-17(21)18-15-7-5-14(4-2)6-8-15/h5-8,16H,3-4,9-13H2,1-2H3,(H2,18,19,21). The van der Waals surface area contributed by atoms with Crippen molar-refractivity contribution in [3.05, 3.63) is 29.8 Å². The smallest absolute Gasteiger partial charge is 0.170 e. The number of thiocarbonyl (C=S) groups is 1. The molecule has 0 amide bonds. The maximum Gasteiger partial charge on any atom is 0.170 e. The fourth-order valence-electron chi connectivity index (χ4n) is 2.79. The number of hydrogen-bond donors (Lipinski definition) is 2. The molecule has 0 aliphatic carbocycles. The average molecular weight is 305 g/mol. The number of aryl methyl sites for hydroxylation is 1. The molecule has 3 nitrogen and oxygen atoms in total. The maximum absolute atomic E-state index is 5.42. The predicted molar refractivity (Wildman–Crippen MR) is 94.9 cm³/mol. The van der Waals surface area contributed by atoms with E-state index in [2.05, 4.69) is 53.6 Å². The van der Waals surface area contributed by atoms with Crippen molar-refractivity contribution < 1.29 is 0 Å². The first-order valence-corrected chi connectivity index (χ1v) is 8.51. The second-order valence-electron chi connectivity index (χ2n) is 5.76. The minimum absolute atomic E-state index is 0.507. The van der Waals surface area contributed by atoms with Crippen LogP contribution in [-0.4, -0.2) is 35.7 Å². The van der Waals surface area contributed by atoms with Gasteiger partial charge in [0.2, 0.25) is 0 Å². The Kier molecular flexibility index (Phi) is 6.46. The van der Waals surface area contributed by atoms with Gasteiger partial charge in [0.15, 0.2) is 5.11 Å². The number of nitrogens with zero attached hydrogens (tertiary/aromatic N) is 1. The lowest BCUT2D eigenvalue weighted by atomic mass is 10.1. The van der Waals surface area contributed by atoms with Crippen LogP contribution in [0.5, 0.6) is 0 Å². The molecule has 0 saturated carbocycles. The van der Waals surface area contributed by atoms with E-state index < -0.39 is 0 Å². The van der Waals surface area contributed by atoms with Gasteiger partial charge in [-0.05, 0) is 62.1 Å². The van der Waals surface area contributed by atoms with Crippen LogP contribution in [0.3, 0.4) is 0 Å². The van der Waals surface area contributed by atoms with Crippen LogP contribution in [0.2, 0.25) is 0 Å². The molecule has 21 heavy (non-hydrogen) atoms. The molecule has 1 aromatic carbocycles. The molecule has 116 valence electrons. The highest BCUT2D eigenvalue weighted by Gasteiger charge is 2.18. The highest BCUT2D eigenvalue weighted by atomic mass is 32.1. The Hall–Kier alpha value is -1.13. The number of benzene rings is 1. The van der Waals surface area contributed by atoms with Gasteiger partial charge in [0.25, 0.3) is 0 Å². The summed E-state index contributed by atoms with van der Waals surface area (Å²) in [4.78, 5) is 2.54. The van der Waals surface area contributed by atoms with Gasteiger partial charge in [-0.15, -0.1) is 0 Å². The number of piperidine rings is 1. The largest absolute Gasteiger partial charge is 0.360 e. The lowest BCUT2D eigenvalue weighted by molar-refractivity contribution is 0.207. The van der Waals surface area contributed by atoms with Gasteiger partial charge in [-0.25, -0.2) is 0 Å². The molecule has 0 spiro atoms. The lowest BCUT2D eigenvalue weighted by Crippen LogP contribution is -2.45. The van der Waals surface area contributed by atoms with Crippen molar-refractivity contribution in [2.45, 2.75) is 45.6 Å². The lowest BCUT2D eigenvalue weighted by Gasteiger charge is -2.32. The summed E-state index contributed by atoms with van der Waals surface area (Å²) in [5.41, 5.74) is 2.41. The monoisotopic (exact) mass is 305 g/mol. The Morgan fingerprint density at radius 3 is 2.43 bits per heavy atom. The molecule has 1 aromatic rings. The second kappa shape index (κ2) is 8.35. The molecule has 1 fully saturated rings. The van der Waals surface area contributed by atoms with E-state index in [1.807, 2.05) is 0 Å². The summed E-state index contributed by atoms with van der Waals surface area (Å²) in [6, 6.07) is 8.99. The van der Waals surface area contributed by atoms with Crippen LogP contribution in [-0.2, 0) is 6.42 Å². The van der Waals surface area contributed by atoms with Crippen molar-refractivity contribution >= 4 is 23.0 Å². The Bertz CT molecular complexity index is 436. The quantitative estimate of drug-likeness (QED) is 0.815. The number of anilines is 1. The number of likely N-dealkylation sites (tertiary alicyclic amines) is 1. The normalized spacial score (nSPS) is 16.7. The number of hydrogen-bond acceptors (Lipinski definition) is 2. The highest BCUT2D eigenvalue weighted by molar-refractivity contribution is 7.80. The Balaban J connectivity index is 1.74. The molecule has 1 saturated heterocycles. The van der Waals surface area contributed by atoms with Crippen molar-refractivity contribution in [1.82, 2.24) is 10.2 Å². The second-order valence-corrected chi connectivity index (χ2v) is 6.17. The van der Waals surface area contributed by atoms with Crippen molar-refractivity contribution in [2.75, 3.05) is 25.0 Å². The van der Waals surface area contributed by atoms with Crippen molar-refractivity contribution in [3.63, 3.8) is 0 Å². The van der Waals surface area contributed by atoms with E-state index in [1.165, 1.54) is 44.5 Å². The van der Waals surface area contributed by atoms with E-state index in [-0.39, 0.29) is 0 Å². The topological polar surface area (TPSA) is 27.3 Å². The summed E-state index contributed by atoms with van der Waals surface area (Å²) < 4.78 is 0. The minimum atomic E-state index is 0.507. The van der Waals surface area contributed by atoms with Crippen LogP contribution in [0.25, 0.3) is 0 Å². The molecule has 1 heterocycles. The van der Waals surface area contributed by atoms with E-state index in [0.29, 0.717) is 6.04 Å². The fourth-order valence-corrected chi connectivity index (χ4v) is 3.08. The van der Waals surface area contributed by atoms with E-state index >= 15 is 0 Å². The maximum atomic E-state index is 5.42. The van der Waals surface area contributed by atoms with Gasteiger partial charge in [0.1, 0.15) is 0 Å². The van der Waals surface area contributed by atoms with Gasteiger partial charge in [0, 0.05) is 24.8 Å². The van der Waals surface area contributed by atoms with Gasteiger partial charge in [-0.2, -0.15) is 0 Å². The first-order chi connectivity index (χ1) is 10.2. The minimum Gasteiger partial charge on any atom is -0.360 e. The summed E-state index contributed by atoms with van der Waals surface area (Å²) in [7, 11) is 0. The van der Waals surface area contributed by atoms with E-state index in [1.54, 1.807) is 0 Å². The summed E-state index contributed by atoms with van der Waals surface area (Å²) in [6.07, 6.45) is 4.66. The summed E-state index contributed by atoms with van der Waals surface area (Å²) in [5, 5.41) is 7.48. The molecule has 4 heteroatoms. The molecule has 0 atom stereocenters. The molecule has 2 rings (SSSR count). The first kappa shape index (κ1) is 16.2.